The van der Waals surface area contributed by atoms with Crippen LogP contribution in [0.1, 0.15) is 43.2 Å². The predicted octanol–water partition coefficient (Wildman–Crippen LogP) is 3.28. The lowest BCUT2D eigenvalue weighted by molar-refractivity contribution is -0.136. The fourth-order valence-corrected chi connectivity index (χ4v) is 3.71. The van der Waals surface area contributed by atoms with Crippen molar-refractivity contribution in [2.75, 3.05) is 13.2 Å². The second kappa shape index (κ2) is 9.91. The number of rotatable bonds is 9. The van der Waals surface area contributed by atoms with E-state index in [9.17, 15) is 14.4 Å². The van der Waals surface area contributed by atoms with Gasteiger partial charge in [-0.05, 0) is 28.7 Å². The first-order valence-corrected chi connectivity index (χ1v) is 10.1. The molecule has 2 amide bonds. The van der Waals surface area contributed by atoms with Crippen molar-refractivity contribution in [3.8, 4) is 11.1 Å². The Hall–Kier alpha value is -3.35. The van der Waals surface area contributed by atoms with E-state index < -0.39 is 12.1 Å². The number of benzene rings is 2. The monoisotopic (exact) mass is 410 g/mol. The predicted molar refractivity (Wildman–Crippen MR) is 112 cm³/mol. The van der Waals surface area contributed by atoms with E-state index in [2.05, 4.69) is 34.9 Å². The van der Waals surface area contributed by atoms with Crippen molar-refractivity contribution < 1.29 is 24.2 Å². The van der Waals surface area contributed by atoms with Crippen molar-refractivity contribution in [3.63, 3.8) is 0 Å². The Labute approximate surface area is 175 Å². The standard InChI is InChI=1S/C23H26N2O5/c1-2-15(13-21(26)24-12-11-22(27)28)25-23(29)30-14-20-18-9-5-3-7-16(18)17-8-4-6-10-19(17)20/h3-10,15,20H,2,11-14H2,1H3,(H,24,26)(H,25,29)(H,27,28)/t15-/m1/s1. The highest BCUT2D eigenvalue weighted by atomic mass is 16.5. The third-order valence-electron chi connectivity index (χ3n) is 5.25. The zero-order valence-electron chi connectivity index (χ0n) is 16.9. The van der Waals surface area contributed by atoms with Gasteiger partial charge in [0.1, 0.15) is 6.61 Å². The molecule has 0 unspecified atom stereocenters. The minimum Gasteiger partial charge on any atom is -0.481 e. The summed E-state index contributed by atoms with van der Waals surface area (Å²) in [4.78, 5) is 34.8. The third kappa shape index (κ3) is 5.17. The Balaban J connectivity index is 1.54. The maximum atomic E-state index is 12.3. The van der Waals surface area contributed by atoms with Gasteiger partial charge < -0.3 is 20.5 Å². The summed E-state index contributed by atoms with van der Waals surface area (Å²) in [5.74, 6) is -1.30. The van der Waals surface area contributed by atoms with E-state index in [1.54, 1.807) is 0 Å². The van der Waals surface area contributed by atoms with E-state index in [1.807, 2.05) is 31.2 Å². The number of nitrogens with one attached hydrogen (secondary N) is 2. The second-order valence-corrected chi connectivity index (χ2v) is 7.27. The maximum absolute atomic E-state index is 12.3. The summed E-state index contributed by atoms with van der Waals surface area (Å²) in [5.41, 5.74) is 4.59. The number of carbonyl (C=O) groups is 3. The Morgan fingerprint density at radius 2 is 1.63 bits per heavy atom. The van der Waals surface area contributed by atoms with E-state index in [0.717, 1.165) is 22.3 Å². The molecular weight excluding hydrogens is 384 g/mol. The van der Waals surface area contributed by atoms with Gasteiger partial charge in [0.15, 0.2) is 0 Å². The van der Waals surface area contributed by atoms with Gasteiger partial charge in [-0.25, -0.2) is 4.79 Å². The van der Waals surface area contributed by atoms with Crippen LogP contribution >= 0.6 is 0 Å². The second-order valence-electron chi connectivity index (χ2n) is 7.27. The zero-order valence-corrected chi connectivity index (χ0v) is 16.9. The molecule has 0 saturated carbocycles. The average molecular weight is 410 g/mol. The molecule has 3 rings (SSSR count). The molecule has 0 aliphatic heterocycles. The third-order valence-corrected chi connectivity index (χ3v) is 5.25. The van der Waals surface area contributed by atoms with Crippen LogP contribution in [0, 0.1) is 0 Å². The van der Waals surface area contributed by atoms with Gasteiger partial charge in [-0.2, -0.15) is 0 Å². The number of carboxylic acid groups (broad SMARTS) is 1. The molecule has 0 spiro atoms. The van der Waals surface area contributed by atoms with Gasteiger partial charge >= 0.3 is 12.1 Å². The summed E-state index contributed by atoms with van der Waals surface area (Å²) in [6.07, 6.45) is -0.0822. The molecule has 30 heavy (non-hydrogen) atoms. The van der Waals surface area contributed by atoms with E-state index in [4.69, 9.17) is 9.84 Å². The quantitative estimate of drug-likeness (QED) is 0.588. The normalized spacial score (nSPS) is 13.1. The molecule has 7 heteroatoms. The van der Waals surface area contributed by atoms with Crippen LogP contribution in [0.2, 0.25) is 0 Å². The smallest absolute Gasteiger partial charge is 0.407 e. The molecule has 1 atom stereocenters. The number of hydrogen-bond donors (Lipinski definition) is 3. The molecule has 2 aromatic rings. The van der Waals surface area contributed by atoms with Crippen molar-refractivity contribution in [2.45, 2.75) is 38.1 Å². The lowest BCUT2D eigenvalue weighted by Crippen LogP contribution is -2.39. The van der Waals surface area contributed by atoms with Crippen molar-refractivity contribution >= 4 is 18.0 Å². The van der Waals surface area contributed by atoms with Crippen LogP contribution in [0.5, 0.6) is 0 Å². The van der Waals surface area contributed by atoms with E-state index in [1.165, 1.54) is 0 Å². The van der Waals surface area contributed by atoms with E-state index in [-0.39, 0.29) is 43.9 Å². The van der Waals surface area contributed by atoms with Crippen LogP contribution < -0.4 is 10.6 Å². The molecule has 0 radical (unpaired) electrons. The van der Waals surface area contributed by atoms with Crippen LogP contribution in [0.15, 0.2) is 48.5 Å². The van der Waals surface area contributed by atoms with Gasteiger partial charge in [0.2, 0.25) is 5.91 Å². The topological polar surface area (TPSA) is 105 Å². The molecular formula is C23H26N2O5. The lowest BCUT2D eigenvalue weighted by Gasteiger charge is -2.18. The number of carbonyl (C=O) groups excluding carboxylic acids is 2. The summed E-state index contributed by atoms with van der Waals surface area (Å²) in [6, 6.07) is 15.8. The van der Waals surface area contributed by atoms with Gasteiger partial charge in [-0.15, -0.1) is 0 Å². The number of hydrogen-bond acceptors (Lipinski definition) is 4. The number of alkyl carbamates (subject to hydrolysis) is 1. The summed E-state index contributed by atoms with van der Waals surface area (Å²) < 4.78 is 5.51. The Bertz CT molecular complexity index is 882. The number of amides is 2. The highest BCUT2D eigenvalue weighted by molar-refractivity contribution is 5.80. The van der Waals surface area contributed by atoms with Gasteiger partial charge in [-0.3, -0.25) is 9.59 Å². The van der Waals surface area contributed by atoms with Gasteiger partial charge in [0, 0.05) is 24.9 Å². The maximum Gasteiger partial charge on any atom is 0.407 e. The number of carboxylic acids is 1. The molecule has 2 aromatic carbocycles. The summed E-state index contributed by atoms with van der Waals surface area (Å²) >= 11 is 0. The fourth-order valence-electron chi connectivity index (χ4n) is 3.71. The highest BCUT2D eigenvalue weighted by Crippen LogP contribution is 2.44. The zero-order chi connectivity index (χ0) is 21.5. The van der Waals surface area contributed by atoms with Gasteiger partial charge in [0.25, 0.3) is 0 Å². The van der Waals surface area contributed by atoms with E-state index in [0.29, 0.717) is 6.42 Å². The molecule has 158 valence electrons. The van der Waals surface area contributed by atoms with Crippen LogP contribution in [0.3, 0.4) is 0 Å². The first kappa shape index (κ1) is 21.4. The number of aliphatic carboxylic acids is 1. The van der Waals surface area contributed by atoms with Crippen molar-refractivity contribution in [3.05, 3.63) is 59.7 Å². The molecule has 0 fully saturated rings. The van der Waals surface area contributed by atoms with Crippen molar-refractivity contribution in [2.24, 2.45) is 0 Å². The van der Waals surface area contributed by atoms with Crippen LogP contribution in [-0.2, 0) is 14.3 Å². The molecule has 1 aliphatic carbocycles. The first-order valence-electron chi connectivity index (χ1n) is 10.1. The summed E-state index contributed by atoms with van der Waals surface area (Å²) in [6.45, 7) is 2.13. The molecule has 0 aromatic heterocycles. The molecule has 7 nitrogen and oxygen atoms in total. The molecule has 0 saturated heterocycles. The van der Waals surface area contributed by atoms with E-state index >= 15 is 0 Å². The molecule has 0 bridgehead atoms. The van der Waals surface area contributed by atoms with Crippen LogP contribution in [0.4, 0.5) is 4.79 Å². The average Bonchev–Trinajstić information content (AvgIpc) is 3.05. The number of fused-ring (bicyclic) bond motifs is 3. The summed E-state index contributed by atoms with van der Waals surface area (Å²) in [7, 11) is 0. The molecule has 0 heterocycles. The lowest BCUT2D eigenvalue weighted by atomic mass is 9.98. The largest absolute Gasteiger partial charge is 0.481 e. The van der Waals surface area contributed by atoms with Crippen LogP contribution in [-0.4, -0.2) is 42.3 Å². The SMILES string of the molecule is CC[C@H](CC(=O)NCCC(=O)O)NC(=O)OCC1c2ccccc2-c2ccccc21. The first-order chi connectivity index (χ1) is 14.5. The van der Waals surface area contributed by atoms with Gasteiger partial charge in [0.05, 0.1) is 6.42 Å². The Morgan fingerprint density at radius 3 is 2.20 bits per heavy atom. The Morgan fingerprint density at radius 1 is 1.03 bits per heavy atom. The highest BCUT2D eigenvalue weighted by Gasteiger charge is 2.29. The van der Waals surface area contributed by atoms with Crippen LogP contribution in [0.25, 0.3) is 11.1 Å². The summed E-state index contributed by atoms with van der Waals surface area (Å²) in [5, 5.41) is 13.9. The minimum absolute atomic E-state index is 0.0254. The van der Waals surface area contributed by atoms with Crippen molar-refractivity contribution in [1.82, 2.24) is 10.6 Å². The number of ether oxygens (including phenoxy) is 1. The minimum atomic E-state index is -0.973. The van der Waals surface area contributed by atoms with Gasteiger partial charge in [-0.1, -0.05) is 55.5 Å². The molecule has 1 aliphatic rings. The fraction of sp³-hybridized carbons (Fsp3) is 0.348. The Kier molecular flexibility index (Phi) is 7.06. The molecule has 3 N–H and O–H groups in total. The van der Waals surface area contributed by atoms with Crippen molar-refractivity contribution in [1.29, 1.82) is 0 Å².